The Hall–Kier alpha value is -1.76. The van der Waals surface area contributed by atoms with Crippen molar-refractivity contribution in [3.05, 3.63) is 45.3 Å². The van der Waals surface area contributed by atoms with E-state index >= 15 is 0 Å². The van der Waals surface area contributed by atoms with Gasteiger partial charge in [0.25, 0.3) is 5.56 Å². The molecule has 0 saturated heterocycles. The third-order valence-corrected chi connectivity index (χ3v) is 2.68. The molecule has 18 heavy (non-hydrogen) atoms. The molecule has 2 rings (SSSR count). The first-order chi connectivity index (χ1) is 8.58. The number of halogens is 3. The van der Waals surface area contributed by atoms with Crippen LogP contribution in [-0.2, 0) is 0 Å². The summed E-state index contributed by atoms with van der Waals surface area (Å²) in [6.45, 7) is -2.94. The predicted octanol–water partition coefficient (Wildman–Crippen LogP) is 2.80. The molecule has 0 saturated carbocycles. The normalized spacial score (nSPS) is 10.7. The Morgan fingerprint density at radius 3 is 2.72 bits per heavy atom. The van der Waals surface area contributed by atoms with Crippen LogP contribution in [0.2, 0.25) is 0 Å². The van der Waals surface area contributed by atoms with E-state index in [1.807, 2.05) is 0 Å². The number of ether oxygens (including phenoxy) is 1. The van der Waals surface area contributed by atoms with Gasteiger partial charge in [0.1, 0.15) is 16.0 Å². The molecule has 1 aromatic carbocycles. The molecular formula is C11H7BrF2N2O2. The van der Waals surface area contributed by atoms with Gasteiger partial charge in [-0.3, -0.25) is 4.79 Å². The van der Waals surface area contributed by atoms with Crippen molar-refractivity contribution in [3.8, 4) is 17.1 Å². The Balaban J connectivity index is 2.49. The summed E-state index contributed by atoms with van der Waals surface area (Å²) in [6, 6.07) is 6.10. The van der Waals surface area contributed by atoms with E-state index in [0.29, 0.717) is 5.56 Å². The van der Waals surface area contributed by atoms with Gasteiger partial charge in [-0.1, -0.05) is 12.1 Å². The van der Waals surface area contributed by atoms with Crippen LogP contribution in [0, 0.1) is 0 Å². The maximum Gasteiger partial charge on any atom is 0.387 e. The summed E-state index contributed by atoms with van der Waals surface area (Å²) in [7, 11) is 0. The number of aromatic amines is 1. The van der Waals surface area contributed by atoms with Gasteiger partial charge in [-0.25, -0.2) is 4.98 Å². The molecule has 1 aromatic heterocycles. The standard InChI is InChI=1S/C11H7BrF2N2O2/c12-7-5-15-9(16-10(7)17)6-3-1-2-4-8(6)18-11(13)14/h1-5,11H,(H,15,16,17). The van der Waals surface area contributed by atoms with Gasteiger partial charge in [0.15, 0.2) is 0 Å². The molecule has 1 N–H and O–H groups in total. The highest BCUT2D eigenvalue weighted by atomic mass is 79.9. The van der Waals surface area contributed by atoms with Crippen molar-refractivity contribution in [3.63, 3.8) is 0 Å². The SMILES string of the molecule is O=c1[nH]c(-c2ccccc2OC(F)F)ncc1Br. The fourth-order valence-electron chi connectivity index (χ4n) is 1.38. The number of nitrogens with zero attached hydrogens (tertiary/aromatic N) is 1. The second-order valence-corrected chi connectivity index (χ2v) is 4.14. The second kappa shape index (κ2) is 5.26. The van der Waals surface area contributed by atoms with Crippen LogP contribution < -0.4 is 10.3 Å². The highest BCUT2D eigenvalue weighted by molar-refractivity contribution is 9.10. The number of H-pyrrole nitrogens is 1. The van der Waals surface area contributed by atoms with Crippen molar-refractivity contribution < 1.29 is 13.5 Å². The summed E-state index contributed by atoms with van der Waals surface area (Å²) in [5, 5.41) is 0. The Morgan fingerprint density at radius 2 is 2.06 bits per heavy atom. The maximum absolute atomic E-state index is 12.2. The summed E-state index contributed by atoms with van der Waals surface area (Å²) in [5.74, 6) is 0.123. The van der Waals surface area contributed by atoms with Crippen molar-refractivity contribution in [2.45, 2.75) is 6.61 Å². The van der Waals surface area contributed by atoms with Crippen molar-refractivity contribution >= 4 is 15.9 Å². The molecule has 1 heterocycles. The molecule has 2 aromatic rings. The molecule has 0 atom stereocenters. The lowest BCUT2D eigenvalue weighted by atomic mass is 10.2. The zero-order chi connectivity index (χ0) is 13.1. The highest BCUT2D eigenvalue weighted by Gasteiger charge is 2.12. The van der Waals surface area contributed by atoms with E-state index in [9.17, 15) is 13.6 Å². The van der Waals surface area contributed by atoms with Crippen LogP contribution in [0.3, 0.4) is 0 Å². The van der Waals surface area contributed by atoms with Crippen LogP contribution in [-0.4, -0.2) is 16.6 Å². The van der Waals surface area contributed by atoms with E-state index in [0.717, 1.165) is 0 Å². The van der Waals surface area contributed by atoms with Crippen LogP contribution in [0.1, 0.15) is 0 Å². The number of rotatable bonds is 3. The van der Waals surface area contributed by atoms with Crippen molar-refractivity contribution in [2.24, 2.45) is 0 Å². The first kappa shape index (κ1) is 12.7. The van der Waals surface area contributed by atoms with Gasteiger partial charge in [0.05, 0.1) is 5.56 Å². The molecule has 94 valence electrons. The van der Waals surface area contributed by atoms with E-state index in [-0.39, 0.29) is 16.0 Å². The summed E-state index contributed by atoms with van der Waals surface area (Å²) in [5.41, 5.74) is -0.103. The first-order valence-corrected chi connectivity index (χ1v) is 5.66. The van der Waals surface area contributed by atoms with Crippen LogP contribution in [0.25, 0.3) is 11.4 Å². The molecule has 4 nitrogen and oxygen atoms in total. The monoisotopic (exact) mass is 316 g/mol. The minimum absolute atomic E-state index is 0.0435. The number of nitrogens with one attached hydrogen (secondary N) is 1. The quantitative estimate of drug-likeness (QED) is 0.947. The summed E-state index contributed by atoms with van der Waals surface area (Å²) >= 11 is 3.00. The molecule has 7 heteroatoms. The van der Waals surface area contributed by atoms with Gasteiger partial charge in [0, 0.05) is 6.20 Å². The third kappa shape index (κ3) is 2.73. The van der Waals surface area contributed by atoms with Gasteiger partial charge in [-0.05, 0) is 28.1 Å². The Morgan fingerprint density at radius 1 is 1.33 bits per heavy atom. The van der Waals surface area contributed by atoms with Crippen LogP contribution in [0.15, 0.2) is 39.7 Å². The van der Waals surface area contributed by atoms with Gasteiger partial charge in [-0.2, -0.15) is 8.78 Å². The average molecular weight is 317 g/mol. The molecule has 0 radical (unpaired) electrons. The van der Waals surface area contributed by atoms with Gasteiger partial charge in [-0.15, -0.1) is 0 Å². The fourth-order valence-corrected chi connectivity index (χ4v) is 1.58. The minimum atomic E-state index is -2.94. The lowest BCUT2D eigenvalue weighted by Crippen LogP contribution is -2.10. The number of aromatic nitrogens is 2. The number of para-hydroxylation sites is 1. The topological polar surface area (TPSA) is 55.0 Å². The first-order valence-electron chi connectivity index (χ1n) is 4.87. The van der Waals surface area contributed by atoms with Crippen LogP contribution >= 0.6 is 15.9 Å². The Kier molecular flexibility index (Phi) is 3.71. The van der Waals surface area contributed by atoms with E-state index < -0.39 is 12.2 Å². The predicted molar refractivity (Wildman–Crippen MR) is 64.6 cm³/mol. The van der Waals surface area contributed by atoms with Crippen molar-refractivity contribution in [1.82, 2.24) is 9.97 Å². The summed E-state index contributed by atoms with van der Waals surface area (Å²) < 4.78 is 29.1. The highest BCUT2D eigenvalue weighted by Crippen LogP contribution is 2.27. The second-order valence-electron chi connectivity index (χ2n) is 3.28. The van der Waals surface area contributed by atoms with Crippen molar-refractivity contribution in [1.29, 1.82) is 0 Å². The molecule has 0 amide bonds. The number of alkyl halides is 2. The molecule has 0 aliphatic carbocycles. The summed E-state index contributed by atoms with van der Waals surface area (Å²) in [6.07, 6.45) is 1.30. The molecule has 0 spiro atoms. The van der Waals surface area contributed by atoms with E-state index in [1.165, 1.54) is 18.3 Å². The number of hydrogen-bond donors (Lipinski definition) is 1. The van der Waals surface area contributed by atoms with E-state index in [1.54, 1.807) is 12.1 Å². The maximum atomic E-state index is 12.2. The zero-order valence-corrected chi connectivity index (χ0v) is 10.4. The Labute approximate surface area is 109 Å². The van der Waals surface area contributed by atoms with Gasteiger partial charge >= 0.3 is 6.61 Å². The van der Waals surface area contributed by atoms with Crippen LogP contribution in [0.4, 0.5) is 8.78 Å². The largest absolute Gasteiger partial charge is 0.434 e. The number of benzene rings is 1. The fraction of sp³-hybridized carbons (Fsp3) is 0.0909. The lowest BCUT2D eigenvalue weighted by Gasteiger charge is -2.09. The van der Waals surface area contributed by atoms with Gasteiger partial charge in [0.2, 0.25) is 0 Å². The average Bonchev–Trinajstić information content (AvgIpc) is 2.33. The molecule has 0 fully saturated rings. The number of hydrogen-bond acceptors (Lipinski definition) is 3. The molecule has 0 aliphatic heterocycles. The molecular weight excluding hydrogens is 310 g/mol. The van der Waals surface area contributed by atoms with Crippen LogP contribution in [0.5, 0.6) is 5.75 Å². The van der Waals surface area contributed by atoms with Crippen molar-refractivity contribution in [2.75, 3.05) is 0 Å². The Bertz CT molecular complexity index is 616. The van der Waals surface area contributed by atoms with Gasteiger partial charge < -0.3 is 9.72 Å². The van der Waals surface area contributed by atoms with E-state index in [2.05, 4.69) is 30.6 Å². The zero-order valence-electron chi connectivity index (χ0n) is 8.86. The lowest BCUT2D eigenvalue weighted by molar-refractivity contribution is -0.0494. The molecule has 0 aliphatic rings. The summed E-state index contributed by atoms with van der Waals surface area (Å²) in [4.78, 5) is 17.8. The van der Waals surface area contributed by atoms with E-state index in [4.69, 9.17) is 0 Å². The smallest absolute Gasteiger partial charge is 0.387 e. The minimum Gasteiger partial charge on any atom is -0.434 e. The molecule has 0 bridgehead atoms. The molecule has 0 unspecified atom stereocenters. The third-order valence-electron chi connectivity index (χ3n) is 2.11.